The monoisotopic (exact) mass is 192 g/mol. The summed E-state index contributed by atoms with van der Waals surface area (Å²) in [6, 6.07) is 10.1. The van der Waals surface area contributed by atoms with E-state index < -0.39 is 0 Å². The van der Waals surface area contributed by atoms with Crippen LogP contribution < -0.4 is 4.74 Å². The van der Waals surface area contributed by atoms with Crippen molar-refractivity contribution in [1.82, 2.24) is 0 Å². The van der Waals surface area contributed by atoms with E-state index in [1.807, 2.05) is 30.3 Å². The van der Waals surface area contributed by atoms with Crippen molar-refractivity contribution in [3.63, 3.8) is 0 Å². The number of benzene rings is 1. The Bertz CT molecular complexity index is 230. The number of para-hydroxylation sites is 1. The van der Waals surface area contributed by atoms with Gasteiger partial charge in [0.25, 0.3) is 0 Å². The Morgan fingerprint density at radius 3 is 2.43 bits per heavy atom. The fraction of sp³-hybridized carbons (Fsp3) is 0.538. The van der Waals surface area contributed by atoms with Crippen LogP contribution in [0.25, 0.3) is 0 Å². The lowest BCUT2D eigenvalue weighted by Gasteiger charge is -2.16. The number of unbranched alkanes of at least 4 members (excludes halogenated alkanes) is 1. The molecule has 1 atom stereocenters. The summed E-state index contributed by atoms with van der Waals surface area (Å²) in [6.07, 6.45) is 5.15. The van der Waals surface area contributed by atoms with Crippen molar-refractivity contribution < 1.29 is 4.74 Å². The molecule has 0 radical (unpaired) electrons. The van der Waals surface area contributed by atoms with Crippen molar-refractivity contribution in [3.8, 4) is 5.75 Å². The molecular weight excluding hydrogens is 172 g/mol. The van der Waals surface area contributed by atoms with Crippen molar-refractivity contribution in [2.24, 2.45) is 0 Å². The van der Waals surface area contributed by atoms with E-state index in [9.17, 15) is 0 Å². The van der Waals surface area contributed by atoms with Gasteiger partial charge in [-0.1, -0.05) is 44.9 Å². The number of hydrogen-bond donors (Lipinski definition) is 0. The first-order chi connectivity index (χ1) is 6.86. The van der Waals surface area contributed by atoms with Crippen LogP contribution in [0.15, 0.2) is 30.3 Å². The van der Waals surface area contributed by atoms with Gasteiger partial charge in [-0.25, -0.2) is 0 Å². The van der Waals surface area contributed by atoms with Gasteiger partial charge in [0.1, 0.15) is 5.75 Å². The maximum absolute atomic E-state index is 5.87. The van der Waals surface area contributed by atoms with Crippen LogP contribution in [0.5, 0.6) is 5.75 Å². The maximum Gasteiger partial charge on any atom is 0.119 e. The molecule has 0 aliphatic carbocycles. The molecule has 0 fully saturated rings. The lowest BCUT2D eigenvalue weighted by molar-refractivity contribution is 0.183. The zero-order chi connectivity index (χ0) is 10.2. The lowest BCUT2D eigenvalue weighted by atomic mass is 10.1. The molecule has 1 aromatic carbocycles. The standard InChI is InChI=1S/C13H20O/c1-3-5-9-12(4-2)14-13-10-7-6-8-11-13/h6-8,10-12H,3-5,9H2,1-2H3. The highest BCUT2D eigenvalue weighted by atomic mass is 16.5. The van der Waals surface area contributed by atoms with Crippen molar-refractivity contribution >= 4 is 0 Å². The van der Waals surface area contributed by atoms with Gasteiger partial charge in [-0.15, -0.1) is 0 Å². The van der Waals surface area contributed by atoms with Crippen LogP contribution in [0.2, 0.25) is 0 Å². The van der Waals surface area contributed by atoms with Crippen LogP contribution in [0.1, 0.15) is 39.5 Å². The first-order valence-electron chi connectivity index (χ1n) is 5.58. The number of hydrogen-bond acceptors (Lipinski definition) is 1. The third-order valence-electron chi connectivity index (χ3n) is 2.38. The smallest absolute Gasteiger partial charge is 0.119 e. The van der Waals surface area contributed by atoms with Gasteiger partial charge >= 0.3 is 0 Å². The van der Waals surface area contributed by atoms with Gasteiger partial charge in [0.15, 0.2) is 0 Å². The highest BCUT2D eigenvalue weighted by Gasteiger charge is 2.06. The topological polar surface area (TPSA) is 9.23 Å². The molecular formula is C13H20O. The van der Waals surface area contributed by atoms with Gasteiger partial charge in [-0.05, 0) is 25.0 Å². The molecule has 0 aromatic heterocycles. The van der Waals surface area contributed by atoms with Gasteiger partial charge < -0.3 is 4.74 Å². The SMILES string of the molecule is CCCCC(CC)Oc1ccccc1. The van der Waals surface area contributed by atoms with E-state index in [2.05, 4.69) is 13.8 Å². The first-order valence-corrected chi connectivity index (χ1v) is 5.58. The van der Waals surface area contributed by atoms with E-state index in [0.29, 0.717) is 6.10 Å². The summed E-state index contributed by atoms with van der Waals surface area (Å²) < 4.78 is 5.87. The molecule has 0 bridgehead atoms. The molecule has 1 unspecified atom stereocenters. The third kappa shape index (κ3) is 3.82. The van der Waals surface area contributed by atoms with E-state index in [1.165, 1.54) is 19.3 Å². The Morgan fingerprint density at radius 1 is 1.14 bits per heavy atom. The second-order valence-electron chi connectivity index (χ2n) is 3.60. The quantitative estimate of drug-likeness (QED) is 0.661. The zero-order valence-corrected chi connectivity index (χ0v) is 9.20. The Hall–Kier alpha value is -0.980. The molecule has 0 saturated heterocycles. The molecule has 1 nitrogen and oxygen atoms in total. The minimum atomic E-state index is 0.386. The summed E-state index contributed by atoms with van der Waals surface area (Å²) in [5, 5.41) is 0. The van der Waals surface area contributed by atoms with E-state index in [-0.39, 0.29) is 0 Å². The van der Waals surface area contributed by atoms with Crippen LogP contribution in [0, 0.1) is 0 Å². The molecule has 1 heteroatoms. The second-order valence-corrected chi connectivity index (χ2v) is 3.60. The van der Waals surface area contributed by atoms with E-state index >= 15 is 0 Å². The summed E-state index contributed by atoms with van der Waals surface area (Å²) in [7, 11) is 0. The van der Waals surface area contributed by atoms with Crippen LogP contribution in [0.4, 0.5) is 0 Å². The molecule has 1 rings (SSSR count). The lowest BCUT2D eigenvalue weighted by Crippen LogP contribution is -2.14. The summed E-state index contributed by atoms with van der Waals surface area (Å²) in [5.41, 5.74) is 0. The van der Waals surface area contributed by atoms with Crippen LogP contribution in [-0.4, -0.2) is 6.10 Å². The fourth-order valence-electron chi connectivity index (χ4n) is 1.47. The van der Waals surface area contributed by atoms with Gasteiger partial charge in [0.2, 0.25) is 0 Å². The zero-order valence-electron chi connectivity index (χ0n) is 9.20. The molecule has 0 N–H and O–H groups in total. The maximum atomic E-state index is 5.87. The molecule has 1 aromatic rings. The van der Waals surface area contributed by atoms with Crippen LogP contribution >= 0.6 is 0 Å². The molecule has 0 aliphatic rings. The van der Waals surface area contributed by atoms with Gasteiger partial charge in [-0.2, -0.15) is 0 Å². The highest BCUT2D eigenvalue weighted by molar-refractivity contribution is 5.21. The third-order valence-corrected chi connectivity index (χ3v) is 2.38. The fourth-order valence-corrected chi connectivity index (χ4v) is 1.47. The highest BCUT2D eigenvalue weighted by Crippen LogP contribution is 2.15. The van der Waals surface area contributed by atoms with Crippen molar-refractivity contribution in [2.75, 3.05) is 0 Å². The van der Waals surface area contributed by atoms with Gasteiger partial charge in [0, 0.05) is 0 Å². The first kappa shape index (κ1) is 11.1. The number of rotatable bonds is 6. The van der Waals surface area contributed by atoms with E-state index in [4.69, 9.17) is 4.74 Å². The minimum Gasteiger partial charge on any atom is -0.490 e. The molecule has 0 saturated carbocycles. The Morgan fingerprint density at radius 2 is 1.86 bits per heavy atom. The Kier molecular flexibility index (Phi) is 5.13. The van der Waals surface area contributed by atoms with Gasteiger partial charge in [-0.3, -0.25) is 0 Å². The Balaban J connectivity index is 2.40. The predicted molar refractivity (Wildman–Crippen MR) is 60.7 cm³/mol. The Labute approximate surface area is 87.1 Å². The van der Waals surface area contributed by atoms with Crippen molar-refractivity contribution in [3.05, 3.63) is 30.3 Å². The summed E-state index contributed by atoms with van der Waals surface area (Å²) in [4.78, 5) is 0. The number of ether oxygens (including phenoxy) is 1. The summed E-state index contributed by atoms with van der Waals surface area (Å²) in [5.74, 6) is 0.996. The minimum absolute atomic E-state index is 0.386. The molecule has 0 aliphatic heterocycles. The largest absolute Gasteiger partial charge is 0.490 e. The molecule has 0 heterocycles. The van der Waals surface area contributed by atoms with E-state index in [1.54, 1.807) is 0 Å². The average molecular weight is 192 g/mol. The van der Waals surface area contributed by atoms with Crippen molar-refractivity contribution in [1.29, 1.82) is 0 Å². The summed E-state index contributed by atoms with van der Waals surface area (Å²) >= 11 is 0. The molecule has 78 valence electrons. The van der Waals surface area contributed by atoms with Crippen LogP contribution in [-0.2, 0) is 0 Å². The van der Waals surface area contributed by atoms with Gasteiger partial charge in [0.05, 0.1) is 6.10 Å². The normalized spacial score (nSPS) is 12.4. The summed E-state index contributed by atoms with van der Waals surface area (Å²) in [6.45, 7) is 4.40. The average Bonchev–Trinajstić information content (AvgIpc) is 2.25. The van der Waals surface area contributed by atoms with E-state index in [0.717, 1.165) is 12.2 Å². The van der Waals surface area contributed by atoms with Crippen LogP contribution in [0.3, 0.4) is 0 Å². The molecule has 14 heavy (non-hydrogen) atoms. The second kappa shape index (κ2) is 6.47. The van der Waals surface area contributed by atoms with Crippen molar-refractivity contribution in [2.45, 2.75) is 45.6 Å². The predicted octanol–water partition coefficient (Wildman–Crippen LogP) is 4.03. The molecule has 0 spiro atoms. The molecule has 0 amide bonds.